The van der Waals surface area contributed by atoms with E-state index in [1.807, 2.05) is 0 Å². The molecule has 2 heteroatoms. The quantitative estimate of drug-likeness (QED) is 0.310. The van der Waals surface area contributed by atoms with Crippen molar-refractivity contribution in [2.45, 2.75) is 38.0 Å². The number of hydrogen-bond acceptors (Lipinski definition) is 1. The number of furan rings is 1. The lowest BCUT2D eigenvalue weighted by molar-refractivity contribution is 0.442. The second-order valence-corrected chi connectivity index (χ2v) is 8.07. The SMILES string of the molecule is Cn1c2ccccc2c2c3c(ccc21)oc1c(C2CCCCC2)cccc13. The van der Waals surface area contributed by atoms with Crippen LogP contribution in [0.25, 0.3) is 43.7 Å². The summed E-state index contributed by atoms with van der Waals surface area (Å²) in [6.45, 7) is 0. The summed E-state index contributed by atoms with van der Waals surface area (Å²) in [7, 11) is 2.16. The zero-order valence-corrected chi connectivity index (χ0v) is 15.7. The molecule has 1 aliphatic carbocycles. The number of nitrogens with zero attached hydrogens (tertiary/aromatic N) is 1. The van der Waals surface area contributed by atoms with E-state index in [1.165, 1.54) is 70.2 Å². The molecule has 0 atom stereocenters. The van der Waals surface area contributed by atoms with Crippen molar-refractivity contribution in [1.82, 2.24) is 4.57 Å². The Hall–Kier alpha value is -2.74. The average Bonchev–Trinajstić information content (AvgIpc) is 3.24. The fraction of sp³-hybridized carbons (Fsp3) is 0.280. The minimum Gasteiger partial charge on any atom is -0.456 e. The Labute approximate surface area is 158 Å². The van der Waals surface area contributed by atoms with Gasteiger partial charge in [0.1, 0.15) is 11.2 Å². The fourth-order valence-electron chi connectivity index (χ4n) is 5.30. The number of aryl methyl sites for hydroxylation is 1. The highest BCUT2D eigenvalue weighted by Gasteiger charge is 2.22. The van der Waals surface area contributed by atoms with Crippen molar-refractivity contribution >= 4 is 43.7 Å². The van der Waals surface area contributed by atoms with E-state index in [0.717, 1.165) is 11.2 Å². The standard InChI is InChI=1S/C25H23NO/c1-26-20-13-6-5-10-18(20)23-21(26)14-15-22-24(23)19-12-7-11-17(25(19)27-22)16-8-3-2-4-9-16/h5-7,10-16H,2-4,8-9H2,1H3. The number of benzene rings is 3. The van der Waals surface area contributed by atoms with Gasteiger partial charge in [0.2, 0.25) is 0 Å². The zero-order chi connectivity index (χ0) is 18.0. The Balaban J connectivity index is 1.75. The van der Waals surface area contributed by atoms with Crippen LogP contribution in [-0.2, 0) is 7.05 Å². The summed E-state index contributed by atoms with van der Waals surface area (Å²) >= 11 is 0. The number of para-hydroxylation sites is 2. The summed E-state index contributed by atoms with van der Waals surface area (Å²) in [5, 5.41) is 5.18. The van der Waals surface area contributed by atoms with Gasteiger partial charge in [-0.2, -0.15) is 0 Å². The maximum Gasteiger partial charge on any atom is 0.138 e. The van der Waals surface area contributed by atoms with Gasteiger partial charge in [-0.15, -0.1) is 0 Å². The molecule has 1 fully saturated rings. The second kappa shape index (κ2) is 5.63. The van der Waals surface area contributed by atoms with E-state index < -0.39 is 0 Å². The average molecular weight is 353 g/mol. The Morgan fingerprint density at radius 3 is 2.48 bits per heavy atom. The maximum atomic E-state index is 6.49. The molecule has 0 amide bonds. The van der Waals surface area contributed by atoms with E-state index in [-0.39, 0.29) is 0 Å². The van der Waals surface area contributed by atoms with Gasteiger partial charge in [-0.3, -0.25) is 0 Å². The summed E-state index contributed by atoms with van der Waals surface area (Å²) in [5.41, 5.74) is 6.08. The van der Waals surface area contributed by atoms with E-state index in [2.05, 4.69) is 66.2 Å². The van der Waals surface area contributed by atoms with Gasteiger partial charge in [0.05, 0.1) is 0 Å². The van der Waals surface area contributed by atoms with Crippen molar-refractivity contribution in [2.75, 3.05) is 0 Å². The van der Waals surface area contributed by atoms with Crippen LogP contribution in [0.1, 0.15) is 43.6 Å². The topological polar surface area (TPSA) is 18.1 Å². The normalized spacial score (nSPS) is 16.2. The number of hydrogen-bond donors (Lipinski definition) is 0. The predicted octanol–water partition coefficient (Wildman–Crippen LogP) is 7.28. The molecule has 0 spiro atoms. The lowest BCUT2D eigenvalue weighted by Gasteiger charge is -2.21. The molecule has 27 heavy (non-hydrogen) atoms. The molecule has 2 heterocycles. The van der Waals surface area contributed by atoms with Gasteiger partial charge in [0, 0.05) is 39.6 Å². The van der Waals surface area contributed by atoms with Crippen LogP contribution < -0.4 is 0 Å². The summed E-state index contributed by atoms with van der Waals surface area (Å²) in [6, 6.07) is 19.8. The molecule has 0 saturated heterocycles. The molecule has 5 aromatic rings. The van der Waals surface area contributed by atoms with Gasteiger partial charge in [-0.1, -0.05) is 55.7 Å². The zero-order valence-electron chi connectivity index (χ0n) is 15.7. The van der Waals surface area contributed by atoms with E-state index in [4.69, 9.17) is 4.42 Å². The number of aromatic nitrogens is 1. The highest BCUT2D eigenvalue weighted by molar-refractivity contribution is 6.27. The maximum absolute atomic E-state index is 6.49. The first-order valence-electron chi connectivity index (χ1n) is 10.1. The molecule has 0 radical (unpaired) electrons. The molecule has 2 nitrogen and oxygen atoms in total. The van der Waals surface area contributed by atoms with Crippen molar-refractivity contribution < 1.29 is 4.42 Å². The van der Waals surface area contributed by atoms with E-state index >= 15 is 0 Å². The molecule has 0 N–H and O–H groups in total. The second-order valence-electron chi connectivity index (χ2n) is 8.07. The summed E-state index contributed by atoms with van der Waals surface area (Å²) in [5.74, 6) is 0.644. The Kier molecular flexibility index (Phi) is 3.19. The summed E-state index contributed by atoms with van der Waals surface area (Å²) in [6.07, 6.45) is 6.65. The van der Waals surface area contributed by atoms with Crippen LogP contribution in [0.5, 0.6) is 0 Å². The van der Waals surface area contributed by atoms with Crippen LogP contribution in [0.15, 0.2) is 59.0 Å². The molecule has 134 valence electrons. The first-order valence-corrected chi connectivity index (χ1v) is 10.1. The molecular formula is C25H23NO. The third-order valence-corrected chi connectivity index (χ3v) is 6.61. The lowest BCUT2D eigenvalue weighted by Crippen LogP contribution is -2.04. The predicted molar refractivity (Wildman–Crippen MR) is 114 cm³/mol. The molecular weight excluding hydrogens is 330 g/mol. The molecule has 1 saturated carbocycles. The molecule has 0 bridgehead atoms. The van der Waals surface area contributed by atoms with E-state index in [1.54, 1.807) is 0 Å². The lowest BCUT2D eigenvalue weighted by atomic mass is 9.83. The van der Waals surface area contributed by atoms with Crippen molar-refractivity contribution in [3.8, 4) is 0 Å². The van der Waals surface area contributed by atoms with E-state index in [0.29, 0.717) is 5.92 Å². The molecule has 0 aliphatic heterocycles. The van der Waals surface area contributed by atoms with Gasteiger partial charge >= 0.3 is 0 Å². The highest BCUT2D eigenvalue weighted by Crippen LogP contribution is 2.43. The van der Waals surface area contributed by atoms with Gasteiger partial charge in [-0.05, 0) is 42.5 Å². The van der Waals surface area contributed by atoms with Crippen molar-refractivity contribution in [1.29, 1.82) is 0 Å². The monoisotopic (exact) mass is 353 g/mol. The molecule has 1 aliphatic rings. The Morgan fingerprint density at radius 1 is 0.778 bits per heavy atom. The van der Waals surface area contributed by atoms with Crippen molar-refractivity contribution in [3.63, 3.8) is 0 Å². The molecule has 0 unspecified atom stereocenters. The largest absolute Gasteiger partial charge is 0.456 e. The third kappa shape index (κ3) is 2.07. The third-order valence-electron chi connectivity index (χ3n) is 6.61. The Bertz CT molecular complexity index is 1310. The Morgan fingerprint density at radius 2 is 1.59 bits per heavy atom. The van der Waals surface area contributed by atoms with Gasteiger partial charge in [-0.25, -0.2) is 0 Å². The minimum absolute atomic E-state index is 0.644. The molecule has 3 aromatic carbocycles. The van der Waals surface area contributed by atoms with Crippen LogP contribution in [-0.4, -0.2) is 4.57 Å². The smallest absolute Gasteiger partial charge is 0.138 e. The van der Waals surface area contributed by atoms with Gasteiger partial charge in [0.25, 0.3) is 0 Å². The van der Waals surface area contributed by atoms with Crippen LogP contribution in [0.4, 0.5) is 0 Å². The van der Waals surface area contributed by atoms with Crippen LogP contribution in [0, 0.1) is 0 Å². The minimum atomic E-state index is 0.644. The van der Waals surface area contributed by atoms with Crippen LogP contribution in [0.3, 0.4) is 0 Å². The summed E-state index contributed by atoms with van der Waals surface area (Å²) < 4.78 is 8.79. The van der Waals surface area contributed by atoms with Crippen LogP contribution in [0.2, 0.25) is 0 Å². The highest BCUT2D eigenvalue weighted by atomic mass is 16.3. The van der Waals surface area contributed by atoms with Crippen molar-refractivity contribution in [3.05, 3.63) is 60.2 Å². The number of rotatable bonds is 1. The summed E-state index contributed by atoms with van der Waals surface area (Å²) in [4.78, 5) is 0. The first-order chi connectivity index (χ1) is 13.3. The fourth-order valence-corrected chi connectivity index (χ4v) is 5.30. The molecule has 6 rings (SSSR count). The van der Waals surface area contributed by atoms with Crippen LogP contribution >= 0.6 is 0 Å². The van der Waals surface area contributed by atoms with Crippen molar-refractivity contribution in [2.24, 2.45) is 7.05 Å². The first kappa shape index (κ1) is 15.3. The number of fused-ring (bicyclic) bond motifs is 7. The van der Waals surface area contributed by atoms with E-state index in [9.17, 15) is 0 Å². The molecule has 2 aromatic heterocycles. The van der Waals surface area contributed by atoms with Gasteiger partial charge < -0.3 is 8.98 Å². The van der Waals surface area contributed by atoms with Gasteiger partial charge in [0.15, 0.2) is 0 Å².